The second kappa shape index (κ2) is 7.61. The van der Waals surface area contributed by atoms with Gasteiger partial charge in [-0.15, -0.1) is 0 Å². The van der Waals surface area contributed by atoms with E-state index in [0.717, 1.165) is 28.4 Å². The summed E-state index contributed by atoms with van der Waals surface area (Å²) in [6.07, 6.45) is 1.50. The summed E-state index contributed by atoms with van der Waals surface area (Å²) in [6, 6.07) is 8.08. The Bertz CT molecular complexity index is 832. The Hall–Kier alpha value is -3.16. The monoisotopic (exact) mass is 339 g/mol. The van der Waals surface area contributed by atoms with E-state index < -0.39 is 0 Å². The van der Waals surface area contributed by atoms with E-state index in [0.29, 0.717) is 24.9 Å². The van der Waals surface area contributed by atoms with Gasteiger partial charge in [-0.2, -0.15) is 5.10 Å². The fourth-order valence-corrected chi connectivity index (χ4v) is 2.35. The number of aryl methyl sites for hydroxylation is 2. The first kappa shape index (κ1) is 16.7. The van der Waals surface area contributed by atoms with Crippen LogP contribution in [0, 0.1) is 13.8 Å². The molecule has 0 aliphatic carbocycles. The van der Waals surface area contributed by atoms with Crippen LogP contribution in [0.5, 0.6) is 0 Å². The lowest BCUT2D eigenvalue weighted by molar-refractivity contribution is 0.463. The third-order valence-electron chi connectivity index (χ3n) is 3.78. The van der Waals surface area contributed by atoms with Crippen LogP contribution in [-0.2, 0) is 13.1 Å². The number of guanidine groups is 1. The van der Waals surface area contributed by atoms with Crippen molar-refractivity contribution in [2.45, 2.75) is 26.9 Å². The molecule has 25 heavy (non-hydrogen) atoms. The lowest BCUT2D eigenvalue weighted by atomic mass is 10.1. The number of rotatable bonds is 5. The predicted molar refractivity (Wildman–Crippen MR) is 94.8 cm³/mol. The fraction of sp³-hybridized carbons (Fsp3) is 0.294. The molecule has 3 aromatic rings. The van der Waals surface area contributed by atoms with Crippen LogP contribution in [0.1, 0.15) is 22.9 Å². The number of aromatic nitrogens is 4. The highest BCUT2D eigenvalue weighted by atomic mass is 16.4. The molecular weight excluding hydrogens is 318 g/mol. The van der Waals surface area contributed by atoms with Gasteiger partial charge >= 0.3 is 0 Å². The molecule has 0 bridgehead atoms. The van der Waals surface area contributed by atoms with Crippen LogP contribution in [0.25, 0.3) is 11.4 Å². The number of benzene rings is 1. The minimum Gasteiger partial charge on any atom is -0.444 e. The second-order valence-electron chi connectivity index (χ2n) is 5.56. The van der Waals surface area contributed by atoms with E-state index >= 15 is 0 Å². The highest BCUT2D eigenvalue weighted by molar-refractivity contribution is 5.79. The van der Waals surface area contributed by atoms with Gasteiger partial charge in [0.2, 0.25) is 5.89 Å². The second-order valence-corrected chi connectivity index (χ2v) is 5.56. The van der Waals surface area contributed by atoms with Gasteiger partial charge in [0.05, 0.1) is 12.2 Å². The average molecular weight is 339 g/mol. The van der Waals surface area contributed by atoms with Crippen LogP contribution in [0.2, 0.25) is 0 Å². The largest absolute Gasteiger partial charge is 0.444 e. The van der Waals surface area contributed by atoms with E-state index in [1.807, 2.05) is 32.0 Å². The number of hydrogen-bond donors (Lipinski definition) is 3. The van der Waals surface area contributed by atoms with Gasteiger partial charge in [-0.25, -0.2) is 9.97 Å². The van der Waals surface area contributed by atoms with Gasteiger partial charge in [0.15, 0.2) is 11.8 Å². The molecule has 0 unspecified atom stereocenters. The van der Waals surface area contributed by atoms with Gasteiger partial charge in [-0.1, -0.05) is 18.2 Å². The van der Waals surface area contributed by atoms with Crippen LogP contribution in [0.4, 0.5) is 0 Å². The van der Waals surface area contributed by atoms with Gasteiger partial charge < -0.3 is 15.1 Å². The SMILES string of the molecule is CN=C(NCc1cccc(-c2ncn[nH]2)c1)NCc1nc(C)c(C)o1. The van der Waals surface area contributed by atoms with Crippen molar-refractivity contribution in [2.24, 2.45) is 4.99 Å². The number of nitrogens with one attached hydrogen (secondary N) is 3. The molecule has 130 valence electrons. The molecule has 0 spiro atoms. The predicted octanol–water partition coefficient (Wildman–Crippen LogP) is 1.94. The van der Waals surface area contributed by atoms with E-state index in [4.69, 9.17) is 4.42 Å². The van der Waals surface area contributed by atoms with Crippen LogP contribution >= 0.6 is 0 Å². The lowest BCUT2D eigenvalue weighted by Gasteiger charge is -2.11. The van der Waals surface area contributed by atoms with E-state index in [-0.39, 0.29) is 0 Å². The van der Waals surface area contributed by atoms with Crippen molar-refractivity contribution in [1.82, 2.24) is 30.8 Å². The molecule has 3 N–H and O–H groups in total. The van der Waals surface area contributed by atoms with Crippen LogP contribution in [0.15, 0.2) is 40.0 Å². The number of hydrogen-bond acceptors (Lipinski definition) is 5. The highest BCUT2D eigenvalue weighted by Gasteiger charge is 2.07. The summed E-state index contributed by atoms with van der Waals surface area (Å²) in [5, 5.41) is 13.2. The van der Waals surface area contributed by atoms with Crippen LogP contribution in [-0.4, -0.2) is 33.2 Å². The Morgan fingerprint density at radius 3 is 2.76 bits per heavy atom. The van der Waals surface area contributed by atoms with Crippen molar-refractivity contribution in [3.05, 3.63) is 53.5 Å². The van der Waals surface area contributed by atoms with Crippen molar-refractivity contribution < 1.29 is 4.42 Å². The maximum absolute atomic E-state index is 5.56. The Balaban J connectivity index is 1.57. The Morgan fingerprint density at radius 2 is 2.08 bits per heavy atom. The van der Waals surface area contributed by atoms with Gasteiger partial charge in [-0.05, 0) is 25.5 Å². The third kappa shape index (κ3) is 4.23. The zero-order valence-electron chi connectivity index (χ0n) is 14.5. The summed E-state index contributed by atoms with van der Waals surface area (Å²) in [5.41, 5.74) is 3.01. The van der Waals surface area contributed by atoms with E-state index in [1.54, 1.807) is 7.05 Å². The van der Waals surface area contributed by atoms with E-state index in [2.05, 4.69) is 41.9 Å². The van der Waals surface area contributed by atoms with Gasteiger partial charge in [0.1, 0.15) is 12.1 Å². The summed E-state index contributed by atoms with van der Waals surface area (Å²) in [5.74, 6) is 2.91. The summed E-state index contributed by atoms with van der Waals surface area (Å²) < 4.78 is 5.56. The first-order chi connectivity index (χ1) is 12.2. The molecule has 0 atom stereocenters. The van der Waals surface area contributed by atoms with E-state index in [1.165, 1.54) is 6.33 Å². The Morgan fingerprint density at radius 1 is 1.24 bits per heavy atom. The van der Waals surface area contributed by atoms with Crippen molar-refractivity contribution >= 4 is 5.96 Å². The molecule has 8 nitrogen and oxygen atoms in total. The lowest BCUT2D eigenvalue weighted by Crippen LogP contribution is -2.36. The molecule has 1 aromatic carbocycles. The summed E-state index contributed by atoms with van der Waals surface area (Å²) in [4.78, 5) is 12.7. The molecule has 0 amide bonds. The quantitative estimate of drug-likeness (QED) is 0.485. The molecule has 0 radical (unpaired) electrons. The maximum Gasteiger partial charge on any atom is 0.214 e. The van der Waals surface area contributed by atoms with Gasteiger partial charge in [0, 0.05) is 19.2 Å². The average Bonchev–Trinajstić information content (AvgIpc) is 3.26. The molecule has 8 heteroatoms. The fourth-order valence-electron chi connectivity index (χ4n) is 2.35. The first-order valence-corrected chi connectivity index (χ1v) is 7.98. The molecule has 0 saturated heterocycles. The van der Waals surface area contributed by atoms with Gasteiger partial charge in [-0.3, -0.25) is 10.1 Å². The van der Waals surface area contributed by atoms with Crippen molar-refractivity contribution in [3.8, 4) is 11.4 Å². The summed E-state index contributed by atoms with van der Waals surface area (Å²) in [7, 11) is 1.73. The van der Waals surface area contributed by atoms with Gasteiger partial charge in [0.25, 0.3) is 0 Å². The zero-order chi connectivity index (χ0) is 17.6. The number of aromatic amines is 1. The number of aliphatic imine (C=N–C) groups is 1. The number of nitrogens with zero attached hydrogens (tertiary/aromatic N) is 4. The molecule has 2 aromatic heterocycles. The summed E-state index contributed by atoms with van der Waals surface area (Å²) in [6.45, 7) is 4.94. The number of oxazole rings is 1. The number of H-pyrrole nitrogens is 1. The smallest absolute Gasteiger partial charge is 0.214 e. The van der Waals surface area contributed by atoms with Crippen molar-refractivity contribution in [1.29, 1.82) is 0 Å². The molecule has 3 rings (SSSR count). The van der Waals surface area contributed by atoms with Crippen LogP contribution in [0.3, 0.4) is 0 Å². The normalized spacial score (nSPS) is 11.6. The molecule has 0 aliphatic heterocycles. The minimum absolute atomic E-state index is 0.479. The third-order valence-corrected chi connectivity index (χ3v) is 3.78. The van der Waals surface area contributed by atoms with Crippen molar-refractivity contribution in [2.75, 3.05) is 7.05 Å². The Kier molecular flexibility index (Phi) is 5.08. The van der Waals surface area contributed by atoms with Crippen LogP contribution < -0.4 is 10.6 Å². The highest BCUT2D eigenvalue weighted by Crippen LogP contribution is 2.15. The standard InChI is InChI=1S/C17H21N7O/c1-11-12(2)25-15(23-11)9-20-17(18-3)19-8-13-5-4-6-14(7-13)16-21-10-22-24-16/h4-7,10H,8-9H2,1-3H3,(H2,18,19,20)(H,21,22,24). The van der Waals surface area contributed by atoms with Crippen molar-refractivity contribution in [3.63, 3.8) is 0 Å². The zero-order valence-corrected chi connectivity index (χ0v) is 14.5. The topological polar surface area (TPSA) is 104 Å². The summed E-state index contributed by atoms with van der Waals surface area (Å²) >= 11 is 0. The molecule has 0 fully saturated rings. The first-order valence-electron chi connectivity index (χ1n) is 7.98. The molecule has 0 aliphatic rings. The minimum atomic E-state index is 0.479. The molecule has 0 saturated carbocycles. The maximum atomic E-state index is 5.56. The molecule has 2 heterocycles. The van der Waals surface area contributed by atoms with E-state index in [9.17, 15) is 0 Å². The molecular formula is C17H21N7O. The Labute approximate surface area is 145 Å².